The van der Waals surface area contributed by atoms with E-state index >= 15 is 0 Å². The third-order valence-electron chi connectivity index (χ3n) is 4.31. The van der Waals surface area contributed by atoms with E-state index in [1.807, 2.05) is 42.5 Å². The quantitative estimate of drug-likeness (QED) is 0.283. The van der Waals surface area contributed by atoms with Crippen molar-refractivity contribution < 1.29 is 9.53 Å². The van der Waals surface area contributed by atoms with Crippen LogP contribution >= 0.6 is 45.2 Å². The van der Waals surface area contributed by atoms with Crippen LogP contribution in [0.3, 0.4) is 0 Å². The molecular weight excluding hydrogens is 566 g/mol. The Morgan fingerprint density at radius 2 is 1.89 bits per heavy atom. The van der Waals surface area contributed by atoms with Crippen molar-refractivity contribution in [3.8, 4) is 11.8 Å². The van der Waals surface area contributed by atoms with E-state index in [4.69, 9.17) is 4.74 Å². The van der Waals surface area contributed by atoms with Gasteiger partial charge < -0.3 is 9.64 Å². The monoisotopic (exact) mass is 584 g/mol. The van der Waals surface area contributed by atoms with Crippen LogP contribution in [0.5, 0.6) is 5.75 Å². The average molecular weight is 584 g/mol. The molecular formula is C21H18I2N2O2. The van der Waals surface area contributed by atoms with E-state index in [0.717, 1.165) is 44.2 Å². The maximum atomic E-state index is 12.6. The zero-order chi connectivity index (χ0) is 19.2. The number of nitriles is 1. The molecule has 2 aromatic carbocycles. The van der Waals surface area contributed by atoms with Crippen LogP contribution in [0.4, 0.5) is 0 Å². The summed E-state index contributed by atoms with van der Waals surface area (Å²) >= 11 is 4.47. The van der Waals surface area contributed by atoms with E-state index < -0.39 is 0 Å². The molecule has 2 aromatic rings. The summed E-state index contributed by atoms with van der Waals surface area (Å²) in [5, 5.41) is 9.55. The summed E-state index contributed by atoms with van der Waals surface area (Å²) in [5.41, 5.74) is 1.97. The van der Waals surface area contributed by atoms with Gasteiger partial charge in [0.25, 0.3) is 5.91 Å². The molecule has 0 bridgehead atoms. The fourth-order valence-corrected chi connectivity index (χ4v) is 5.00. The molecule has 4 nitrogen and oxygen atoms in total. The smallest absolute Gasteiger partial charge is 0.264 e. The third kappa shape index (κ3) is 5.23. The van der Waals surface area contributed by atoms with Crippen LogP contribution in [-0.4, -0.2) is 23.9 Å². The normalized spacial score (nSPS) is 14.1. The van der Waals surface area contributed by atoms with Crippen LogP contribution in [0.2, 0.25) is 0 Å². The molecule has 27 heavy (non-hydrogen) atoms. The molecule has 1 saturated heterocycles. The van der Waals surface area contributed by atoms with Gasteiger partial charge in [-0.3, -0.25) is 4.79 Å². The van der Waals surface area contributed by atoms with E-state index in [2.05, 4.69) is 51.3 Å². The van der Waals surface area contributed by atoms with Gasteiger partial charge >= 0.3 is 0 Å². The highest BCUT2D eigenvalue weighted by Gasteiger charge is 2.22. The summed E-state index contributed by atoms with van der Waals surface area (Å²) in [5.74, 6) is 0.500. The van der Waals surface area contributed by atoms with Gasteiger partial charge in [-0.1, -0.05) is 30.3 Å². The molecule has 0 N–H and O–H groups in total. The van der Waals surface area contributed by atoms with Crippen LogP contribution in [0.15, 0.2) is 48.0 Å². The van der Waals surface area contributed by atoms with Crippen LogP contribution in [0, 0.1) is 18.5 Å². The maximum absolute atomic E-state index is 12.6. The predicted molar refractivity (Wildman–Crippen MR) is 122 cm³/mol. The standard InChI is InChI=1S/C21H18I2N2O2/c22-18-11-16(10-17(13-24)21(26)25-8-4-5-9-25)20(19(23)12-18)27-14-15-6-2-1-3-7-15/h1-3,6-7,10-12H,4-5,8-9,14H2/b17-10+. The molecule has 6 heteroatoms. The molecule has 0 atom stereocenters. The average Bonchev–Trinajstić information content (AvgIpc) is 3.20. The Morgan fingerprint density at radius 3 is 2.56 bits per heavy atom. The number of carbonyl (C=O) groups is 1. The van der Waals surface area contributed by atoms with Crippen LogP contribution in [0.25, 0.3) is 6.08 Å². The second kappa shape index (κ2) is 9.55. The molecule has 0 saturated carbocycles. The summed E-state index contributed by atoms with van der Waals surface area (Å²) in [6.07, 6.45) is 3.65. The molecule has 138 valence electrons. The van der Waals surface area contributed by atoms with Crippen molar-refractivity contribution in [3.63, 3.8) is 0 Å². The summed E-state index contributed by atoms with van der Waals surface area (Å²) in [6, 6.07) is 16.0. The Kier molecular flexibility index (Phi) is 7.13. The van der Waals surface area contributed by atoms with Crippen molar-refractivity contribution in [2.75, 3.05) is 13.1 Å². The molecule has 0 spiro atoms. The molecule has 3 rings (SSSR count). The molecule has 0 aliphatic carbocycles. The zero-order valence-electron chi connectivity index (χ0n) is 14.6. The van der Waals surface area contributed by atoms with E-state index in [-0.39, 0.29) is 11.5 Å². The lowest BCUT2D eigenvalue weighted by molar-refractivity contribution is -0.125. The number of ether oxygens (including phenoxy) is 1. The van der Waals surface area contributed by atoms with Gasteiger partial charge in [-0.15, -0.1) is 0 Å². The topological polar surface area (TPSA) is 53.3 Å². The molecule has 0 radical (unpaired) electrons. The van der Waals surface area contributed by atoms with Crippen molar-refractivity contribution in [3.05, 3.63) is 66.3 Å². The van der Waals surface area contributed by atoms with Crippen LogP contribution in [-0.2, 0) is 11.4 Å². The first-order chi connectivity index (χ1) is 13.1. The number of carbonyl (C=O) groups excluding carboxylic acids is 1. The van der Waals surface area contributed by atoms with Gasteiger partial charge in [0.2, 0.25) is 0 Å². The lowest BCUT2D eigenvalue weighted by Gasteiger charge is -2.15. The number of benzene rings is 2. The lowest BCUT2D eigenvalue weighted by atomic mass is 10.1. The number of likely N-dealkylation sites (tertiary alicyclic amines) is 1. The summed E-state index contributed by atoms with van der Waals surface area (Å²) in [4.78, 5) is 14.4. The second-order valence-electron chi connectivity index (χ2n) is 6.25. The number of nitrogens with zero attached hydrogens (tertiary/aromatic N) is 2. The number of hydrogen-bond donors (Lipinski definition) is 0. The molecule has 1 aliphatic rings. The van der Waals surface area contributed by atoms with Gasteiger partial charge in [0.05, 0.1) is 3.57 Å². The van der Waals surface area contributed by atoms with Gasteiger partial charge in [-0.05, 0) is 81.8 Å². The highest BCUT2D eigenvalue weighted by Crippen LogP contribution is 2.31. The molecule has 0 unspecified atom stereocenters. The Balaban J connectivity index is 1.91. The second-order valence-corrected chi connectivity index (χ2v) is 8.66. The van der Waals surface area contributed by atoms with Crippen molar-refractivity contribution in [2.24, 2.45) is 0 Å². The molecule has 0 aromatic heterocycles. The van der Waals surface area contributed by atoms with E-state index in [1.165, 1.54) is 0 Å². The third-order valence-corrected chi connectivity index (χ3v) is 5.73. The fourth-order valence-electron chi connectivity index (χ4n) is 2.96. The number of amides is 1. The predicted octanol–water partition coefficient (Wildman–Crippen LogP) is 5.00. The van der Waals surface area contributed by atoms with Crippen molar-refractivity contribution >= 4 is 57.2 Å². The first-order valence-electron chi connectivity index (χ1n) is 8.65. The summed E-state index contributed by atoms with van der Waals surface area (Å²) < 4.78 is 8.05. The highest BCUT2D eigenvalue weighted by atomic mass is 127. The number of rotatable bonds is 5. The van der Waals surface area contributed by atoms with Gasteiger partial charge in [0.15, 0.2) is 0 Å². The minimum Gasteiger partial charge on any atom is -0.487 e. The molecule has 1 heterocycles. The van der Waals surface area contributed by atoms with Gasteiger partial charge in [-0.2, -0.15) is 5.26 Å². The highest BCUT2D eigenvalue weighted by molar-refractivity contribution is 14.1. The number of halogens is 2. The Labute approximate surface area is 186 Å². The van der Waals surface area contributed by atoms with Crippen molar-refractivity contribution in [2.45, 2.75) is 19.4 Å². The molecule has 1 amide bonds. The van der Waals surface area contributed by atoms with E-state index in [0.29, 0.717) is 12.4 Å². The van der Waals surface area contributed by atoms with E-state index in [1.54, 1.807) is 11.0 Å². The Hall–Kier alpha value is -1.60. The van der Waals surface area contributed by atoms with Crippen LogP contribution in [0.1, 0.15) is 24.0 Å². The number of hydrogen-bond acceptors (Lipinski definition) is 3. The van der Waals surface area contributed by atoms with Gasteiger partial charge in [-0.25, -0.2) is 0 Å². The van der Waals surface area contributed by atoms with Gasteiger partial charge in [0, 0.05) is 22.2 Å². The van der Waals surface area contributed by atoms with Crippen LogP contribution < -0.4 is 4.74 Å². The zero-order valence-corrected chi connectivity index (χ0v) is 18.9. The SMILES string of the molecule is N#C/C(=C\c1cc(I)cc(I)c1OCc1ccccc1)C(=O)N1CCCC1. The fraction of sp³-hybridized carbons (Fsp3) is 0.238. The lowest BCUT2D eigenvalue weighted by Crippen LogP contribution is -2.28. The first kappa shape index (κ1) is 20.1. The summed E-state index contributed by atoms with van der Waals surface area (Å²) in [6.45, 7) is 1.87. The minimum atomic E-state index is -0.196. The first-order valence-corrected chi connectivity index (χ1v) is 10.8. The largest absolute Gasteiger partial charge is 0.487 e. The molecule has 1 aliphatic heterocycles. The Bertz CT molecular complexity index is 898. The maximum Gasteiger partial charge on any atom is 0.264 e. The Morgan fingerprint density at radius 1 is 1.19 bits per heavy atom. The minimum absolute atomic E-state index is 0.152. The van der Waals surface area contributed by atoms with Crippen molar-refractivity contribution in [1.82, 2.24) is 4.90 Å². The van der Waals surface area contributed by atoms with Crippen molar-refractivity contribution in [1.29, 1.82) is 5.26 Å². The van der Waals surface area contributed by atoms with E-state index in [9.17, 15) is 10.1 Å². The summed E-state index contributed by atoms with van der Waals surface area (Å²) in [7, 11) is 0. The molecule has 1 fully saturated rings. The van der Waals surface area contributed by atoms with Gasteiger partial charge in [0.1, 0.15) is 24.0 Å².